The smallest absolute Gasteiger partial charge is 0.416 e. The first-order valence-electron chi connectivity index (χ1n) is 12.0. The number of amides is 1. The van der Waals surface area contributed by atoms with Gasteiger partial charge in [-0.15, -0.1) is 0 Å². The number of alkyl halides is 3. The SMILES string of the molecule is CC(C)(C)[C@@H](CN1CCC(c2ccc(C(F)(F)F)cc2)=N1)OC(=O)NCC(=O)CNS(=O)(=O)c1ccccn1. The second-order valence-corrected chi connectivity index (χ2v) is 11.6. The Morgan fingerprint density at radius 1 is 1.08 bits per heavy atom. The van der Waals surface area contributed by atoms with Gasteiger partial charge in [-0.25, -0.2) is 22.9 Å². The molecule has 212 valence electrons. The molecule has 1 atom stereocenters. The number of rotatable bonds is 10. The van der Waals surface area contributed by atoms with Crippen molar-refractivity contribution in [2.45, 2.75) is 44.5 Å². The van der Waals surface area contributed by atoms with E-state index >= 15 is 0 Å². The van der Waals surface area contributed by atoms with Gasteiger partial charge in [-0.1, -0.05) is 39.0 Å². The molecule has 1 aliphatic rings. The molecule has 14 heteroatoms. The number of Topliss-reactive ketones (excluding diaryl/α,β-unsaturated/α-hetero) is 1. The Morgan fingerprint density at radius 2 is 1.77 bits per heavy atom. The lowest BCUT2D eigenvalue weighted by atomic mass is 9.89. The van der Waals surface area contributed by atoms with Gasteiger partial charge in [-0.05, 0) is 29.8 Å². The minimum atomic E-state index is -4.42. The maximum atomic E-state index is 12.8. The van der Waals surface area contributed by atoms with Gasteiger partial charge in [0.05, 0.1) is 30.9 Å². The van der Waals surface area contributed by atoms with Crippen LogP contribution >= 0.6 is 0 Å². The highest BCUT2D eigenvalue weighted by atomic mass is 32.2. The Bertz CT molecular complexity index is 1290. The Morgan fingerprint density at radius 3 is 2.36 bits per heavy atom. The standard InChI is InChI=1S/C25H30F3N5O5S/c1-24(2,3)21(16-33-13-11-20(32-33)17-7-9-18(10-8-17)25(26,27)28)38-23(35)30-14-19(34)15-31-39(36,37)22-6-4-5-12-29-22/h4-10,12,21,31H,11,13-16H2,1-3H3,(H,30,35)/t21-/m1/s1. The fourth-order valence-corrected chi connectivity index (χ4v) is 4.49. The molecule has 0 saturated carbocycles. The summed E-state index contributed by atoms with van der Waals surface area (Å²) in [5, 5.41) is 8.28. The van der Waals surface area contributed by atoms with E-state index in [1.807, 2.05) is 20.8 Å². The van der Waals surface area contributed by atoms with Crippen LogP contribution in [-0.2, 0) is 25.7 Å². The predicted molar refractivity (Wildman–Crippen MR) is 136 cm³/mol. The zero-order valence-electron chi connectivity index (χ0n) is 21.7. The second-order valence-electron chi connectivity index (χ2n) is 9.93. The van der Waals surface area contributed by atoms with Crippen LogP contribution in [0.4, 0.5) is 18.0 Å². The molecule has 10 nitrogen and oxygen atoms in total. The van der Waals surface area contributed by atoms with Crippen molar-refractivity contribution in [1.29, 1.82) is 0 Å². The number of nitrogens with zero attached hydrogens (tertiary/aromatic N) is 3. The van der Waals surface area contributed by atoms with Crippen molar-refractivity contribution in [2.75, 3.05) is 26.2 Å². The number of alkyl carbamates (subject to hydrolysis) is 1. The Kier molecular flexibility index (Phi) is 9.33. The summed E-state index contributed by atoms with van der Waals surface area (Å²) in [6.45, 7) is 5.29. The average Bonchev–Trinajstić information content (AvgIpc) is 3.34. The lowest BCUT2D eigenvalue weighted by Crippen LogP contribution is -2.44. The molecule has 0 bridgehead atoms. The summed E-state index contributed by atoms with van der Waals surface area (Å²) in [5.41, 5.74) is -0.0435. The molecule has 2 heterocycles. The Labute approximate surface area is 224 Å². The van der Waals surface area contributed by atoms with Crippen LogP contribution in [0.1, 0.15) is 38.3 Å². The molecule has 1 aromatic heterocycles. The summed E-state index contributed by atoms with van der Waals surface area (Å²) in [6, 6.07) is 9.11. The van der Waals surface area contributed by atoms with Crippen molar-refractivity contribution in [3.8, 4) is 0 Å². The number of ether oxygens (including phenoxy) is 1. The summed E-state index contributed by atoms with van der Waals surface area (Å²) in [6.07, 6.45) is -4.11. The average molecular weight is 570 g/mol. The fraction of sp³-hybridized carbons (Fsp3) is 0.440. The van der Waals surface area contributed by atoms with Crippen LogP contribution in [-0.4, -0.2) is 68.3 Å². The molecule has 0 aliphatic carbocycles. The van der Waals surface area contributed by atoms with Crippen molar-refractivity contribution >= 4 is 27.6 Å². The third-order valence-corrected chi connectivity index (χ3v) is 7.12. The van der Waals surface area contributed by atoms with Crippen LogP contribution in [0, 0.1) is 5.41 Å². The van der Waals surface area contributed by atoms with E-state index in [9.17, 15) is 31.2 Å². The number of aromatic nitrogens is 1. The molecule has 0 saturated heterocycles. The van der Waals surface area contributed by atoms with Crippen LogP contribution in [0.5, 0.6) is 0 Å². The van der Waals surface area contributed by atoms with E-state index in [4.69, 9.17) is 4.74 Å². The molecule has 1 amide bonds. The van der Waals surface area contributed by atoms with Crippen molar-refractivity contribution in [3.05, 3.63) is 59.8 Å². The molecule has 39 heavy (non-hydrogen) atoms. The van der Waals surface area contributed by atoms with E-state index in [1.54, 1.807) is 11.1 Å². The fourth-order valence-electron chi connectivity index (χ4n) is 3.53. The van der Waals surface area contributed by atoms with E-state index in [2.05, 4.69) is 20.1 Å². The number of hydrogen-bond donors (Lipinski definition) is 2. The van der Waals surface area contributed by atoms with Gasteiger partial charge in [-0.2, -0.15) is 18.3 Å². The Balaban J connectivity index is 1.52. The van der Waals surface area contributed by atoms with Crippen molar-refractivity contribution in [3.63, 3.8) is 0 Å². The van der Waals surface area contributed by atoms with Gasteiger partial charge in [-0.3, -0.25) is 9.80 Å². The van der Waals surface area contributed by atoms with Gasteiger partial charge >= 0.3 is 12.3 Å². The number of pyridine rings is 1. The first kappa shape index (κ1) is 30.0. The lowest BCUT2D eigenvalue weighted by Gasteiger charge is -2.32. The summed E-state index contributed by atoms with van der Waals surface area (Å²) < 4.78 is 70.5. The summed E-state index contributed by atoms with van der Waals surface area (Å²) in [7, 11) is -3.97. The number of ketones is 1. The van der Waals surface area contributed by atoms with Gasteiger partial charge in [0.25, 0.3) is 10.0 Å². The topological polar surface area (TPSA) is 130 Å². The number of hydrazone groups is 1. The van der Waals surface area contributed by atoms with E-state index in [1.165, 1.54) is 30.5 Å². The molecule has 3 rings (SSSR count). The minimum absolute atomic E-state index is 0.221. The van der Waals surface area contributed by atoms with Gasteiger partial charge < -0.3 is 10.1 Å². The molecule has 0 radical (unpaired) electrons. The molecule has 1 aliphatic heterocycles. The molecule has 1 aromatic carbocycles. The number of carbonyl (C=O) groups is 2. The first-order valence-corrected chi connectivity index (χ1v) is 13.5. The van der Waals surface area contributed by atoms with Crippen LogP contribution < -0.4 is 10.0 Å². The van der Waals surface area contributed by atoms with E-state index in [0.717, 1.165) is 12.1 Å². The maximum absolute atomic E-state index is 12.8. The third kappa shape index (κ3) is 8.75. The van der Waals surface area contributed by atoms with Crippen LogP contribution in [0.2, 0.25) is 0 Å². The summed E-state index contributed by atoms with van der Waals surface area (Å²) >= 11 is 0. The van der Waals surface area contributed by atoms with E-state index in [-0.39, 0.29) is 11.6 Å². The molecule has 2 N–H and O–H groups in total. The highest BCUT2D eigenvalue weighted by Crippen LogP contribution is 2.30. The highest BCUT2D eigenvalue weighted by Gasteiger charge is 2.33. The van der Waals surface area contributed by atoms with Crippen molar-refractivity contribution in [1.82, 2.24) is 20.0 Å². The number of sulfonamides is 1. The lowest BCUT2D eigenvalue weighted by molar-refractivity contribution is -0.137. The summed E-state index contributed by atoms with van der Waals surface area (Å²) in [5.74, 6) is -0.593. The quantitative estimate of drug-likeness (QED) is 0.450. The van der Waals surface area contributed by atoms with Gasteiger partial charge in [0.1, 0.15) is 6.10 Å². The van der Waals surface area contributed by atoms with Gasteiger partial charge in [0.15, 0.2) is 10.8 Å². The maximum Gasteiger partial charge on any atom is 0.416 e. The molecule has 0 spiro atoms. The van der Waals surface area contributed by atoms with Crippen molar-refractivity contribution in [2.24, 2.45) is 10.5 Å². The number of hydrogen-bond acceptors (Lipinski definition) is 8. The monoisotopic (exact) mass is 569 g/mol. The van der Waals surface area contributed by atoms with Crippen LogP contribution in [0.25, 0.3) is 0 Å². The number of halogens is 3. The predicted octanol–water partition coefficient (Wildman–Crippen LogP) is 3.20. The number of benzene rings is 1. The van der Waals surface area contributed by atoms with Gasteiger partial charge in [0.2, 0.25) is 0 Å². The molecule has 2 aromatic rings. The summed E-state index contributed by atoms with van der Waals surface area (Å²) in [4.78, 5) is 28.3. The largest absolute Gasteiger partial charge is 0.444 e. The highest BCUT2D eigenvalue weighted by molar-refractivity contribution is 7.89. The minimum Gasteiger partial charge on any atom is -0.444 e. The first-order chi connectivity index (χ1) is 18.1. The third-order valence-electron chi connectivity index (χ3n) is 5.81. The molecular formula is C25H30F3N5O5S. The Hall–Kier alpha value is -3.52. The van der Waals surface area contributed by atoms with E-state index in [0.29, 0.717) is 24.2 Å². The number of carbonyl (C=O) groups excluding carboxylic acids is 2. The van der Waals surface area contributed by atoms with Crippen molar-refractivity contribution < 1.29 is 35.9 Å². The molecular weight excluding hydrogens is 539 g/mol. The van der Waals surface area contributed by atoms with Gasteiger partial charge in [0, 0.05) is 24.6 Å². The van der Waals surface area contributed by atoms with Crippen LogP contribution in [0.15, 0.2) is 58.8 Å². The van der Waals surface area contributed by atoms with E-state index < -0.39 is 58.2 Å². The molecule has 0 unspecified atom stereocenters. The number of nitrogens with one attached hydrogen (secondary N) is 2. The zero-order chi connectivity index (χ0) is 28.8. The second kappa shape index (κ2) is 12.1. The zero-order valence-corrected chi connectivity index (χ0v) is 22.5. The normalized spacial score (nSPS) is 15.0. The van der Waals surface area contributed by atoms with Crippen LogP contribution in [0.3, 0.4) is 0 Å². The molecule has 0 fully saturated rings.